The molecule has 214 valence electrons. The maximum atomic E-state index is 13.8. The molecule has 0 saturated heterocycles. The summed E-state index contributed by atoms with van der Waals surface area (Å²) < 4.78 is 12.7. The van der Waals surface area contributed by atoms with E-state index in [0.29, 0.717) is 33.9 Å². The van der Waals surface area contributed by atoms with E-state index in [1.807, 2.05) is 0 Å². The third-order valence-electron chi connectivity index (χ3n) is 6.59. The number of rotatable bonds is 7. The Kier molecular flexibility index (Phi) is 7.63. The quantitative estimate of drug-likeness (QED) is 0.164. The number of halogens is 1. The van der Waals surface area contributed by atoms with Crippen LogP contribution in [-0.4, -0.2) is 27.0 Å². The first-order chi connectivity index (χ1) is 20.0. The summed E-state index contributed by atoms with van der Waals surface area (Å²) in [5.41, 5.74) is 0.820. The maximum absolute atomic E-state index is 13.8. The number of carbonyl (C=O) groups is 1. The van der Waals surface area contributed by atoms with Gasteiger partial charge < -0.3 is 9.15 Å². The number of nitro groups is 2. The van der Waals surface area contributed by atoms with Crippen LogP contribution in [0.5, 0.6) is 0 Å². The molecule has 12 nitrogen and oxygen atoms in total. The molecule has 2 aromatic heterocycles. The van der Waals surface area contributed by atoms with Crippen molar-refractivity contribution in [2.45, 2.75) is 26.8 Å². The highest BCUT2D eigenvalue weighted by molar-refractivity contribution is 7.07. The summed E-state index contributed by atoms with van der Waals surface area (Å²) in [6.45, 7) is 4.95. The molecule has 0 bridgehead atoms. The van der Waals surface area contributed by atoms with E-state index in [1.165, 1.54) is 34.9 Å². The van der Waals surface area contributed by atoms with E-state index in [-0.39, 0.29) is 37.9 Å². The molecule has 0 radical (unpaired) electrons. The summed E-state index contributed by atoms with van der Waals surface area (Å²) in [5, 5.41) is 22.8. The predicted octanol–water partition coefficient (Wildman–Crippen LogP) is 4.84. The molecule has 0 saturated carbocycles. The van der Waals surface area contributed by atoms with E-state index in [2.05, 4.69) is 4.99 Å². The second kappa shape index (κ2) is 11.2. The number of furan rings is 1. The zero-order valence-electron chi connectivity index (χ0n) is 22.3. The monoisotopic (exact) mass is 608 g/mol. The first-order valence-corrected chi connectivity index (χ1v) is 13.7. The van der Waals surface area contributed by atoms with Gasteiger partial charge in [0, 0.05) is 35.4 Å². The molecule has 3 heterocycles. The minimum absolute atomic E-state index is 0.0837. The van der Waals surface area contributed by atoms with E-state index >= 15 is 0 Å². The van der Waals surface area contributed by atoms with Gasteiger partial charge in [0.05, 0.1) is 43.3 Å². The molecular formula is C28H21ClN4O8S. The molecule has 1 aliphatic rings. The van der Waals surface area contributed by atoms with E-state index in [9.17, 15) is 29.8 Å². The van der Waals surface area contributed by atoms with Crippen LogP contribution in [0.2, 0.25) is 5.02 Å². The van der Waals surface area contributed by atoms with Gasteiger partial charge in [0.15, 0.2) is 4.80 Å². The molecule has 4 aromatic rings. The molecule has 5 rings (SSSR count). The van der Waals surface area contributed by atoms with Crippen molar-refractivity contribution in [2.24, 2.45) is 4.99 Å². The summed E-state index contributed by atoms with van der Waals surface area (Å²) >= 11 is 7.30. The van der Waals surface area contributed by atoms with Crippen molar-refractivity contribution in [1.82, 2.24) is 4.57 Å². The number of esters is 1. The maximum Gasteiger partial charge on any atom is 0.338 e. The lowest BCUT2D eigenvalue weighted by molar-refractivity contribution is -0.385. The van der Waals surface area contributed by atoms with Crippen molar-refractivity contribution in [3.8, 4) is 11.3 Å². The number of nitro benzene ring substituents is 2. The average Bonchev–Trinajstić information content (AvgIpc) is 3.52. The van der Waals surface area contributed by atoms with E-state index in [1.54, 1.807) is 45.0 Å². The van der Waals surface area contributed by atoms with Crippen molar-refractivity contribution in [3.05, 3.63) is 122 Å². The van der Waals surface area contributed by atoms with Crippen molar-refractivity contribution in [1.29, 1.82) is 0 Å². The van der Waals surface area contributed by atoms with E-state index < -0.39 is 27.4 Å². The molecular weight excluding hydrogens is 588 g/mol. The highest BCUT2D eigenvalue weighted by Gasteiger charge is 2.34. The minimum Gasteiger partial charge on any atom is -0.463 e. The van der Waals surface area contributed by atoms with Gasteiger partial charge >= 0.3 is 5.97 Å². The van der Waals surface area contributed by atoms with Gasteiger partial charge in [-0.25, -0.2) is 9.79 Å². The molecule has 1 unspecified atom stereocenters. The van der Waals surface area contributed by atoms with Gasteiger partial charge in [0.25, 0.3) is 16.9 Å². The molecule has 2 aromatic carbocycles. The van der Waals surface area contributed by atoms with Gasteiger partial charge in [-0.15, -0.1) is 0 Å². The number of ether oxygens (including phenoxy) is 1. The normalized spacial score (nSPS) is 14.9. The van der Waals surface area contributed by atoms with Crippen LogP contribution in [-0.2, 0) is 9.53 Å². The minimum atomic E-state index is -1.02. The van der Waals surface area contributed by atoms with Crippen LogP contribution < -0.4 is 14.9 Å². The van der Waals surface area contributed by atoms with Crippen LogP contribution in [0.3, 0.4) is 0 Å². The molecule has 0 amide bonds. The van der Waals surface area contributed by atoms with E-state index in [4.69, 9.17) is 20.8 Å². The van der Waals surface area contributed by atoms with Crippen LogP contribution in [0.15, 0.2) is 74.0 Å². The zero-order valence-corrected chi connectivity index (χ0v) is 23.9. The highest BCUT2D eigenvalue weighted by atomic mass is 35.5. The average molecular weight is 609 g/mol. The summed E-state index contributed by atoms with van der Waals surface area (Å²) in [6, 6.07) is 10.8. The number of aromatic nitrogens is 1. The lowest BCUT2D eigenvalue weighted by Crippen LogP contribution is -2.40. The van der Waals surface area contributed by atoms with Crippen LogP contribution >= 0.6 is 22.9 Å². The summed E-state index contributed by atoms with van der Waals surface area (Å²) in [5.74, 6) is -0.0512. The lowest BCUT2D eigenvalue weighted by atomic mass is 9.94. The Morgan fingerprint density at radius 2 is 1.90 bits per heavy atom. The Labute approximate surface area is 245 Å². The zero-order chi connectivity index (χ0) is 30.3. The first-order valence-electron chi connectivity index (χ1n) is 12.5. The number of hydrogen-bond acceptors (Lipinski definition) is 10. The van der Waals surface area contributed by atoms with Crippen molar-refractivity contribution < 1.29 is 23.8 Å². The fourth-order valence-electron chi connectivity index (χ4n) is 4.62. The number of nitrogens with zero attached hydrogens (tertiary/aromatic N) is 4. The molecule has 0 fully saturated rings. The molecule has 1 aliphatic heterocycles. The van der Waals surface area contributed by atoms with Gasteiger partial charge in [-0.05, 0) is 44.5 Å². The van der Waals surface area contributed by atoms with Crippen LogP contribution in [0.4, 0.5) is 11.4 Å². The standard InChI is InChI=1S/C28H21ClN4O8S/c1-4-40-27(35)24-15(3)30-28-31(25(24)16-6-5-14(2)21(11-16)33(38)39)26(34)23(42-28)13-18-8-10-22(41-18)19-9-7-17(32(36)37)12-20(19)29/h5-13,25H,4H2,1-3H3. The van der Waals surface area contributed by atoms with Crippen LogP contribution in [0.25, 0.3) is 17.4 Å². The number of benzene rings is 2. The Morgan fingerprint density at radius 3 is 2.57 bits per heavy atom. The molecule has 0 spiro atoms. The van der Waals surface area contributed by atoms with E-state index in [0.717, 1.165) is 11.3 Å². The Hall–Kier alpha value is -4.88. The largest absolute Gasteiger partial charge is 0.463 e. The Bertz CT molecular complexity index is 2010. The molecule has 14 heteroatoms. The molecule has 0 aliphatic carbocycles. The van der Waals surface area contributed by atoms with Gasteiger partial charge in [-0.3, -0.25) is 29.6 Å². The van der Waals surface area contributed by atoms with Gasteiger partial charge in [-0.2, -0.15) is 0 Å². The lowest BCUT2D eigenvalue weighted by Gasteiger charge is -2.24. The van der Waals surface area contributed by atoms with Crippen molar-refractivity contribution >= 4 is 46.4 Å². The van der Waals surface area contributed by atoms with Gasteiger partial charge in [-0.1, -0.05) is 35.1 Å². The molecule has 0 N–H and O–H groups in total. The second-order valence-electron chi connectivity index (χ2n) is 9.23. The number of non-ortho nitro benzene ring substituents is 1. The Balaban J connectivity index is 1.64. The fourth-order valence-corrected chi connectivity index (χ4v) is 5.92. The third kappa shape index (κ3) is 5.15. The van der Waals surface area contributed by atoms with Crippen LogP contribution in [0, 0.1) is 27.2 Å². The topological polar surface area (TPSA) is 160 Å². The highest BCUT2D eigenvalue weighted by Crippen LogP contribution is 2.34. The van der Waals surface area contributed by atoms with Gasteiger partial charge in [0.2, 0.25) is 0 Å². The summed E-state index contributed by atoms with van der Waals surface area (Å²) in [6.07, 6.45) is 1.50. The number of fused-ring (bicyclic) bond motifs is 1. The number of hydrogen-bond donors (Lipinski definition) is 0. The SMILES string of the molecule is CCOC(=O)C1=C(C)N=c2sc(=Cc3ccc(-c4ccc([N+](=O)[O-])cc4Cl)o3)c(=O)n2C1c1ccc(C)c([N+](=O)[O-])c1. The molecule has 1 atom stereocenters. The summed E-state index contributed by atoms with van der Waals surface area (Å²) in [4.78, 5) is 53.3. The number of carbonyl (C=O) groups excluding carboxylic acids is 1. The van der Waals surface area contributed by atoms with Crippen molar-refractivity contribution in [3.63, 3.8) is 0 Å². The fraction of sp³-hybridized carbons (Fsp3) is 0.179. The van der Waals surface area contributed by atoms with Gasteiger partial charge in [0.1, 0.15) is 11.5 Å². The number of allylic oxidation sites excluding steroid dienone is 1. The van der Waals surface area contributed by atoms with Crippen molar-refractivity contribution in [2.75, 3.05) is 6.61 Å². The third-order valence-corrected chi connectivity index (χ3v) is 7.89. The second-order valence-corrected chi connectivity index (χ2v) is 10.6. The smallest absolute Gasteiger partial charge is 0.338 e. The summed E-state index contributed by atoms with van der Waals surface area (Å²) in [7, 11) is 0. The Morgan fingerprint density at radius 1 is 1.14 bits per heavy atom. The predicted molar refractivity (Wildman–Crippen MR) is 154 cm³/mol. The first kappa shape index (κ1) is 28.6. The number of thiazole rings is 1. The molecule has 42 heavy (non-hydrogen) atoms. The number of aryl methyl sites for hydroxylation is 1. The van der Waals surface area contributed by atoms with Crippen LogP contribution in [0.1, 0.15) is 36.8 Å².